The number of hydrogen-bond donors (Lipinski definition) is 1. The van der Waals surface area contributed by atoms with E-state index in [4.69, 9.17) is 0 Å². The Balaban J connectivity index is 2.16. The van der Waals surface area contributed by atoms with Crippen molar-refractivity contribution in [1.82, 2.24) is 9.97 Å². The molecule has 2 rings (SSSR count). The number of rotatable bonds is 6. The fraction of sp³-hybridized carbons (Fsp3) is 0.375. The molecule has 0 spiro atoms. The first-order chi connectivity index (χ1) is 10.1. The number of benzene rings is 1. The monoisotopic (exact) mass is 288 g/mol. The third kappa shape index (κ3) is 4.41. The SMILES string of the molecule is CCCCN(C)c1nc(C)cc(Nc2ccc(F)cc2)n1. The van der Waals surface area contributed by atoms with Crippen LogP contribution in [-0.2, 0) is 0 Å². The van der Waals surface area contributed by atoms with Crippen molar-refractivity contribution in [1.29, 1.82) is 0 Å². The fourth-order valence-electron chi connectivity index (χ4n) is 1.96. The van der Waals surface area contributed by atoms with E-state index in [2.05, 4.69) is 22.2 Å². The van der Waals surface area contributed by atoms with Gasteiger partial charge in [-0.3, -0.25) is 0 Å². The molecule has 2 aromatic rings. The predicted molar refractivity (Wildman–Crippen MR) is 84.6 cm³/mol. The molecule has 0 aliphatic carbocycles. The van der Waals surface area contributed by atoms with Crippen molar-refractivity contribution in [2.75, 3.05) is 23.8 Å². The van der Waals surface area contributed by atoms with E-state index in [-0.39, 0.29) is 5.82 Å². The predicted octanol–water partition coefficient (Wildman–Crippen LogP) is 3.90. The van der Waals surface area contributed by atoms with Gasteiger partial charge in [0.1, 0.15) is 11.6 Å². The van der Waals surface area contributed by atoms with Crippen molar-refractivity contribution in [2.45, 2.75) is 26.7 Å². The van der Waals surface area contributed by atoms with Gasteiger partial charge in [0.05, 0.1) is 0 Å². The maximum Gasteiger partial charge on any atom is 0.227 e. The van der Waals surface area contributed by atoms with Crippen LogP contribution in [0.4, 0.5) is 21.8 Å². The molecule has 0 saturated heterocycles. The molecule has 1 aromatic heterocycles. The van der Waals surface area contributed by atoms with Gasteiger partial charge in [-0.25, -0.2) is 9.37 Å². The third-order valence-corrected chi connectivity index (χ3v) is 3.15. The molecule has 0 aliphatic rings. The van der Waals surface area contributed by atoms with E-state index in [0.717, 1.165) is 30.8 Å². The second-order valence-electron chi connectivity index (χ2n) is 5.10. The molecule has 0 bridgehead atoms. The molecule has 0 saturated carbocycles. The third-order valence-electron chi connectivity index (χ3n) is 3.15. The zero-order chi connectivity index (χ0) is 15.2. The molecule has 5 heteroatoms. The zero-order valence-corrected chi connectivity index (χ0v) is 12.7. The van der Waals surface area contributed by atoms with Crippen LogP contribution in [0, 0.1) is 12.7 Å². The first-order valence-corrected chi connectivity index (χ1v) is 7.18. The second-order valence-corrected chi connectivity index (χ2v) is 5.10. The molecule has 0 radical (unpaired) electrons. The highest BCUT2D eigenvalue weighted by molar-refractivity contribution is 5.57. The normalized spacial score (nSPS) is 10.5. The van der Waals surface area contributed by atoms with Gasteiger partial charge in [0.2, 0.25) is 5.95 Å². The summed E-state index contributed by atoms with van der Waals surface area (Å²) in [6.07, 6.45) is 2.24. The minimum Gasteiger partial charge on any atom is -0.344 e. The summed E-state index contributed by atoms with van der Waals surface area (Å²) in [5, 5.41) is 3.18. The molecule has 1 heterocycles. The minimum atomic E-state index is -0.251. The van der Waals surface area contributed by atoms with E-state index < -0.39 is 0 Å². The highest BCUT2D eigenvalue weighted by Crippen LogP contribution is 2.18. The molecule has 0 amide bonds. The van der Waals surface area contributed by atoms with E-state index >= 15 is 0 Å². The number of nitrogens with zero attached hydrogens (tertiary/aromatic N) is 3. The van der Waals surface area contributed by atoms with Crippen molar-refractivity contribution in [3.63, 3.8) is 0 Å². The van der Waals surface area contributed by atoms with Crippen LogP contribution in [0.3, 0.4) is 0 Å². The Morgan fingerprint density at radius 1 is 1.19 bits per heavy atom. The Kier molecular flexibility index (Phi) is 5.09. The van der Waals surface area contributed by atoms with Crippen LogP contribution in [0.5, 0.6) is 0 Å². The van der Waals surface area contributed by atoms with Crippen molar-refractivity contribution < 1.29 is 4.39 Å². The number of unbranched alkanes of at least 4 members (excludes halogenated alkanes) is 1. The first-order valence-electron chi connectivity index (χ1n) is 7.18. The van der Waals surface area contributed by atoms with Gasteiger partial charge in [0.25, 0.3) is 0 Å². The summed E-state index contributed by atoms with van der Waals surface area (Å²) < 4.78 is 12.9. The maximum atomic E-state index is 12.9. The molecular formula is C16H21FN4. The van der Waals surface area contributed by atoms with Crippen LogP contribution >= 0.6 is 0 Å². The Morgan fingerprint density at radius 3 is 2.57 bits per heavy atom. The second kappa shape index (κ2) is 7.02. The van der Waals surface area contributed by atoms with Crippen molar-refractivity contribution >= 4 is 17.5 Å². The number of aromatic nitrogens is 2. The topological polar surface area (TPSA) is 41.1 Å². The van der Waals surface area contributed by atoms with E-state index in [1.807, 2.05) is 24.9 Å². The molecular weight excluding hydrogens is 267 g/mol. The van der Waals surface area contributed by atoms with Gasteiger partial charge in [-0.05, 0) is 37.6 Å². The summed E-state index contributed by atoms with van der Waals surface area (Å²) in [6, 6.07) is 8.09. The van der Waals surface area contributed by atoms with Gasteiger partial charge in [-0.1, -0.05) is 13.3 Å². The lowest BCUT2D eigenvalue weighted by Crippen LogP contribution is -2.21. The summed E-state index contributed by atoms with van der Waals surface area (Å²) in [7, 11) is 1.99. The van der Waals surface area contributed by atoms with Crippen LogP contribution < -0.4 is 10.2 Å². The summed E-state index contributed by atoms with van der Waals surface area (Å²) in [5.74, 6) is 1.17. The standard InChI is InChI=1S/C16H21FN4/c1-4-5-10-21(3)16-18-12(2)11-15(20-16)19-14-8-6-13(17)7-9-14/h6-9,11H,4-5,10H2,1-3H3,(H,18,19,20). The van der Waals surface area contributed by atoms with E-state index in [0.29, 0.717) is 11.8 Å². The molecule has 0 aliphatic heterocycles. The Labute approximate surface area is 125 Å². The number of aryl methyl sites for hydroxylation is 1. The van der Waals surface area contributed by atoms with Crippen LogP contribution in [0.15, 0.2) is 30.3 Å². The van der Waals surface area contributed by atoms with Gasteiger partial charge in [-0.2, -0.15) is 4.98 Å². The van der Waals surface area contributed by atoms with Crippen molar-refractivity contribution in [2.24, 2.45) is 0 Å². The molecule has 1 aromatic carbocycles. The van der Waals surface area contributed by atoms with E-state index in [9.17, 15) is 4.39 Å². The average Bonchev–Trinajstić information content (AvgIpc) is 2.46. The Hall–Kier alpha value is -2.17. The Bertz CT molecular complexity index is 583. The van der Waals surface area contributed by atoms with Crippen molar-refractivity contribution in [3.8, 4) is 0 Å². The first kappa shape index (κ1) is 15.2. The molecule has 112 valence electrons. The van der Waals surface area contributed by atoms with Gasteiger partial charge in [0, 0.05) is 31.0 Å². The lowest BCUT2D eigenvalue weighted by atomic mass is 10.3. The van der Waals surface area contributed by atoms with Crippen LogP contribution in [0.2, 0.25) is 0 Å². The van der Waals surface area contributed by atoms with Crippen molar-refractivity contribution in [3.05, 3.63) is 41.8 Å². The highest BCUT2D eigenvalue weighted by atomic mass is 19.1. The molecule has 1 N–H and O–H groups in total. The molecule has 0 atom stereocenters. The van der Waals surface area contributed by atoms with Gasteiger partial charge in [-0.15, -0.1) is 0 Å². The molecule has 21 heavy (non-hydrogen) atoms. The van der Waals surface area contributed by atoms with Gasteiger partial charge in [0.15, 0.2) is 0 Å². The number of anilines is 3. The summed E-state index contributed by atoms with van der Waals surface area (Å²) in [4.78, 5) is 11.0. The van der Waals surface area contributed by atoms with Gasteiger partial charge < -0.3 is 10.2 Å². The highest BCUT2D eigenvalue weighted by Gasteiger charge is 2.07. The maximum absolute atomic E-state index is 12.9. The number of halogens is 1. The summed E-state index contributed by atoms with van der Waals surface area (Å²) in [6.45, 7) is 5.02. The fourth-order valence-corrected chi connectivity index (χ4v) is 1.96. The number of hydrogen-bond acceptors (Lipinski definition) is 4. The molecule has 4 nitrogen and oxygen atoms in total. The number of nitrogens with one attached hydrogen (secondary N) is 1. The quantitative estimate of drug-likeness (QED) is 0.875. The lowest BCUT2D eigenvalue weighted by Gasteiger charge is -2.18. The van der Waals surface area contributed by atoms with E-state index in [1.165, 1.54) is 12.1 Å². The lowest BCUT2D eigenvalue weighted by molar-refractivity contribution is 0.628. The summed E-state index contributed by atoms with van der Waals surface area (Å²) >= 11 is 0. The van der Waals surface area contributed by atoms with E-state index in [1.54, 1.807) is 12.1 Å². The minimum absolute atomic E-state index is 0.251. The average molecular weight is 288 g/mol. The largest absolute Gasteiger partial charge is 0.344 e. The Morgan fingerprint density at radius 2 is 1.90 bits per heavy atom. The van der Waals surface area contributed by atoms with Crippen LogP contribution in [0.1, 0.15) is 25.5 Å². The molecule has 0 unspecified atom stereocenters. The van der Waals surface area contributed by atoms with Crippen LogP contribution in [-0.4, -0.2) is 23.6 Å². The smallest absolute Gasteiger partial charge is 0.227 e. The molecule has 0 fully saturated rings. The zero-order valence-electron chi connectivity index (χ0n) is 12.7. The van der Waals surface area contributed by atoms with Crippen LogP contribution in [0.25, 0.3) is 0 Å². The summed E-state index contributed by atoms with van der Waals surface area (Å²) in [5.41, 5.74) is 1.70. The van der Waals surface area contributed by atoms with Gasteiger partial charge >= 0.3 is 0 Å².